The quantitative estimate of drug-likeness (QED) is 0.346. The Morgan fingerprint density at radius 2 is 1.76 bits per heavy atom. The minimum atomic E-state index is -3.05. The molecule has 5 nitrogen and oxygen atoms in total. The van der Waals surface area contributed by atoms with Crippen LogP contribution in [0.15, 0.2) is 30.5 Å². The predicted octanol–water partition coefficient (Wildman–Crippen LogP) is 6.10. The molecule has 204 valence electrons. The van der Waals surface area contributed by atoms with Crippen LogP contribution in [0.3, 0.4) is 0 Å². The molecule has 0 N–H and O–H groups in total. The minimum Gasteiger partial charge on any atom is -0.363 e. The van der Waals surface area contributed by atoms with Crippen LogP contribution in [0.1, 0.15) is 40.1 Å². The SMILES string of the molecule is Cc1nn(-c2c(F)cccc2CN2CC(F)(F)C2)cc1CN1CCC2(CC1)OCC(F)(F)c1cc(Cl)sc12. The number of para-hydroxylation sites is 1. The van der Waals surface area contributed by atoms with Gasteiger partial charge in [0.15, 0.2) is 0 Å². The molecule has 2 aromatic heterocycles. The average molecular weight is 573 g/mol. The number of aromatic nitrogens is 2. The molecule has 0 bridgehead atoms. The largest absolute Gasteiger partial charge is 0.363 e. The van der Waals surface area contributed by atoms with Crippen LogP contribution in [0.5, 0.6) is 0 Å². The number of nitrogens with zero attached hydrogens (tertiary/aromatic N) is 4. The second-order valence-corrected chi connectivity index (χ2v) is 12.2. The maximum atomic E-state index is 14.9. The van der Waals surface area contributed by atoms with E-state index in [1.54, 1.807) is 23.2 Å². The first-order valence-electron chi connectivity index (χ1n) is 12.4. The van der Waals surface area contributed by atoms with Crippen LogP contribution in [-0.2, 0) is 29.3 Å². The number of aryl methyl sites for hydroxylation is 1. The number of fused-ring (bicyclic) bond motifs is 2. The van der Waals surface area contributed by atoms with Gasteiger partial charge >= 0.3 is 0 Å². The number of halogens is 6. The Labute approximate surface area is 225 Å². The molecule has 1 aromatic carbocycles. The zero-order chi connectivity index (χ0) is 26.9. The third-order valence-corrected chi connectivity index (χ3v) is 9.15. The molecular weight excluding hydrogens is 547 g/mol. The van der Waals surface area contributed by atoms with Crippen molar-refractivity contribution in [1.29, 1.82) is 0 Å². The summed E-state index contributed by atoms with van der Waals surface area (Å²) in [6.07, 6.45) is 2.89. The second-order valence-electron chi connectivity index (χ2n) is 10.5. The molecule has 38 heavy (non-hydrogen) atoms. The van der Waals surface area contributed by atoms with Crippen molar-refractivity contribution in [2.75, 3.05) is 32.8 Å². The van der Waals surface area contributed by atoms with E-state index in [2.05, 4.69) is 10.00 Å². The maximum absolute atomic E-state index is 14.9. The van der Waals surface area contributed by atoms with Crippen LogP contribution in [0.2, 0.25) is 4.34 Å². The van der Waals surface area contributed by atoms with Gasteiger partial charge in [0.1, 0.15) is 23.7 Å². The second kappa shape index (κ2) is 9.26. The summed E-state index contributed by atoms with van der Waals surface area (Å²) in [5.41, 5.74) is 1.70. The van der Waals surface area contributed by atoms with Crippen molar-refractivity contribution in [3.8, 4) is 5.69 Å². The van der Waals surface area contributed by atoms with Crippen molar-refractivity contribution >= 4 is 22.9 Å². The van der Waals surface area contributed by atoms with Crippen LogP contribution < -0.4 is 0 Å². The number of thiophene rings is 1. The number of likely N-dealkylation sites (tertiary alicyclic amines) is 2. The lowest BCUT2D eigenvalue weighted by Crippen LogP contribution is -2.55. The summed E-state index contributed by atoms with van der Waals surface area (Å²) in [6.45, 7) is 2.52. The average Bonchev–Trinajstić information content (AvgIpc) is 3.41. The summed E-state index contributed by atoms with van der Waals surface area (Å²) in [4.78, 5) is 4.30. The van der Waals surface area contributed by atoms with Gasteiger partial charge in [-0.05, 0) is 37.5 Å². The van der Waals surface area contributed by atoms with Crippen LogP contribution in [-0.4, -0.2) is 58.3 Å². The van der Waals surface area contributed by atoms with E-state index in [9.17, 15) is 22.0 Å². The van der Waals surface area contributed by atoms with Crippen molar-refractivity contribution in [1.82, 2.24) is 19.6 Å². The molecule has 0 amide bonds. The van der Waals surface area contributed by atoms with Gasteiger partial charge in [0.05, 0.1) is 23.1 Å². The Kier molecular flexibility index (Phi) is 6.38. The van der Waals surface area contributed by atoms with E-state index in [0.717, 1.165) is 11.3 Å². The normalized spacial score (nSPS) is 22.4. The molecule has 12 heteroatoms. The summed E-state index contributed by atoms with van der Waals surface area (Å²) in [6, 6.07) is 6.00. The van der Waals surface area contributed by atoms with E-state index in [4.69, 9.17) is 16.3 Å². The Bertz CT molecular complexity index is 1360. The first-order valence-corrected chi connectivity index (χ1v) is 13.6. The Morgan fingerprint density at radius 1 is 1.05 bits per heavy atom. The Morgan fingerprint density at radius 3 is 2.47 bits per heavy atom. The molecule has 0 aliphatic carbocycles. The first-order chi connectivity index (χ1) is 17.9. The number of piperidine rings is 1. The summed E-state index contributed by atoms with van der Waals surface area (Å²) in [5.74, 6) is -6.22. The van der Waals surface area contributed by atoms with Crippen LogP contribution in [0.25, 0.3) is 5.69 Å². The van der Waals surface area contributed by atoms with Crippen molar-refractivity contribution in [2.24, 2.45) is 0 Å². The molecule has 1 spiro atoms. The van der Waals surface area contributed by atoms with Gasteiger partial charge in [-0.1, -0.05) is 23.7 Å². The molecule has 3 aliphatic rings. The number of ether oxygens (including phenoxy) is 1. The Balaban J connectivity index is 1.17. The van der Waals surface area contributed by atoms with Crippen molar-refractivity contribution in [3.05, 3.63) is 67.9 Å². The summed E-state index contributed by atoms with van der Waals surface area (Å²) in [5, 5.41) is 4.54. The van der Waals surface area contributed by atoms with Crippen LogP contribution in [0, 0.1) is 12.7 Å². The van der Waals surface area contributed by atoms with Gasteiger partial charge in [0.25, 0.3) is 11.8 Å². The third kappa shape index (κ3) is 4.66. The molecule has 2 saturated heterocycles. The molecular formula is C26H26ClF5N4OS. The molecule has 6 rings (SSSR count). The van der Waals surface area contributed by atoms with E-state index >= 15 is 0 Å². The topological polar surface area (TPSA) is 33.5 Å². The first kappa shape index (κ1) is 26.2. The fourth-order valence-corrected chi connectivity index (χ4v) is 7.18. The number of hydrogen-bond acceptors (Lipinski definition) is 5. The molecule has 5 heterocycles. The molecule has 0 unspecified atom stereocenters. The summed E-state index contributed by atoms with van der Waals surface area (Å²) >= 11 is 7.27. The molecule has 3 aromatic rings. The van der Waals surface area contributed by atoms with E-state index in [-0.39, 0.29) is 30.9 Å². The van der Waals surface area contributed by atoms with Gasteiger partial charge in [-0.2, -0.15) is 13.9 Å². The van der Waals surface area contributed by atoms with Gasteiger partial charge in [-0.3, -0.25) is 9.80 Å². The van der Waals surface area contributed by atoms with E-state index in [0.29, 0.717) is 47.3 Å². The Hall–Kier alpha value is -2.05. The van der Waals surface area contributed by atoms with E-state index in [1.165, 1.54) is 28.2 Å². The number of rotatable bonds is 5. The van der Waals surface area contributed by atoms with Crippen molar-refractivity contribution in [3.63, 3.8) is 0 Å². The zero-order valence-electron chi connectivity index (χ0n) is 20.6. The van der Waals surface area contributed by atoms with Gasteiger partial charge in [-0.15, -0.1) is 11.3 Å². The molecule has 3 aliphatic heterocycles. The van der Waals surface area contributed by atoms with Crippen molar-refractivity contribution in [2.45, 2.75) is 50.3 Å². The standard InChI is InChI=1S/C26H26ClF5N4OS/c1-16-18(12-36(33-16)22-17(3-2-4-20(22)28)10-35-13-25(29,30)14-35)11-34-7-5-24(6-8-34)23-19(9-21(27)38-23)26(31,32)15-37-24/h2-4,9,12H,5-8,10-11,13-15H2,1H3. The van der Waals surface area contributed by atoms with E-state index < -0.39 is 29.9 Å². The van der Waals surface area contributed by atoms with Gasteiger partial charge in [0, 0.05) is 48.4 Å². The van der Waals surface area contributed by atoms with Gasteiger partial charge < -0.3 is 4.74 Å². The summed E-state index contributed by atoms with van der Waals surface area (Å²) in [7, 11) is 0. The van der Waals surface area contributed by atoms with Gasteiger partial charge in [0.2, 0.25) is 0 Å². The maximum Gasteiger partial charge on any atom is 0.297 e. The van der Waals surface area contributed by atoms with E-state index in [1.807, 2.05) is 6.92 Å². The number of alkyl halides is 4. The smallest absolute Gasteiger partial charge is 0.297 e. The van der Waals surface area contributed by atoms with Gasteiger partial charge in [-0.25, -0.2) is 17.9 Å². The van der Waals surface area contributed by atoms with Crippen LogP contribution >= 0.6 is 22.9 Å². The molecule has 0 saturated carbocycles. The lowest BCUT2D eigenvalue weighted by Gasteiger charge is -2.45. The zero-order valence-corrected chi connectivity index (χ0v) is 22.2. The highest BCUT2D eigenvalue weighted by Gasteiger charge is 2.51. The fourth-order valence-electron chi connectivity index (χ4n) is 5.70. The fraction of sp³-hybridized carbons (Fsp3) is 0.500. The molecule has 0 atom stereocenters. The van der Waals surface area contributed by atoms with Crippen LogP contribution in [0.4, 0.5) is 22.0 Å². The monoisotopic (exact) mass is 572 g/mol. The lowest BCUT2D eigenvalue weighted by atomic mass is 9.84. The highest BCUT2D eigenvalue weighted by atomic mass is 35.5. The molecule has 0 radical (unpaired) electrons. The molecule has 2 fully saturated rings. The highest BCUT2D eigenvalue weighted by Crippen LogP contribution is 2.52. The summed E-state index contributed by atoms with van der Waals surface area (Å²) < 4.78 is 78.0. The minimum absolute atomic E-state index is 0.0213. The highest BCUT2D eigenvalue weighted by molar-refractivity contribution is 7.16. The number of benzene rings is 1. The third-order valence-electron chi connectivity index (χ3n) is 7.70. The van der Waals surface area contributed by atoms with Crippen molar-refractivity contribution < 1.29 is 26.7 Å². The predicted molar refractivity (Wildman–Crippen MR) is 134 cm³/mol. The lowest BCUT2D eigenvalue weighted by molar-refractivity contribution is -0.182. The number of hydrogen-bond donors (Lipinski definition) is 0.